The van der Waals surface area contributed by atoms with E-state index < -0.39 is 30.0 Å². The van der Waals surface area contributed by atoms with Gasteiger partial charge in [0.05, 0.1) is 19.1 Å². The molecule has 1 aliphatic heterocycles. The molecule has 80 valence electrons. The van der Waals surface area contributed by atoms with Crippen LogP contribution in [0.2, 0.25) is 0 Å². The molecule has 6 nitrogen and oxygen atoms in total. The van der Waals surface area contributed by atoms with Crippen molar-refractivity contribution < 1.29 is 24.5 Å². The fourth-order valence-electron chi connectivity index (χ4n) is 1.56. The Morgan fingerprint density at radius 3 is 2.64 bits per heavy atom. The van der Waals surface area contributed by atoms with Crippen molar-refractivity contribution in [1.29, 1.82) is 0 Å². The smallest absolute Gasteiger partial charge is 0.321 e. The van der Waals surface area contributed by atoms with E-state index in [1.807, 2.05) is 0 Å². The summed E-state index contributed by atoms with van der Waals surface area (Å²) >= 11 is 0. The van der Waals surface area contributed by atoms with Crippen LogP contribution in [0.15, 0.2) is 0 Å². The second kappa shape index (κ2) is 4.39. The molecule has 1 saturated heterocycles. The highest BCUT2D eigenvalue weighted by atomic mass is 16.5. The number of carboxylic acids is 1. The molecule has 1 aliphatic rings. The fourth-order valence-corrected chi connectivity index (χ4v) is 1.56. The van der Waals surface area contributed by atoms with Gasteiger partial charge in [0.25, 0.3) is 0 Å². The molecule has 3 N–H and O–H groups in total. The minimum Gasteiger partial charge on any atom is -0.480 e. The molecular weight excluding hydrogens is 190 g/mol. The summed E-state index contributed by atoms with van der Waals surface area (Å²) in [6.45, 7) is 0.185. The van der Waals surface area contributed by atoms with Gasteiger partial charge in [0.15, 0.2) is 0 Å². The zero-order valence-electron chi connectivity index (χ0n) is 7.77. The van der Waals surface area contributed by atoms with Gasteiger partial charge < -0.3 is 20.3 Å². The van der Waals surface area contributed by atoms with Gasteiger partial charge in [-0.3, -0.25) is 9.59 Å². The van der Waals surface area contributed by atoms with E-state index in [-0.39, 0.29) is 13.0 Å². The number of aliphatic hydroxyl groups is 1. The maximum Gasteiger partial charge on any atom is 0.321 e. The summed E-state index contributed by atoms with van der Waals surface area (Å²) < 4.78 is 4.47. The van der Waals surface area contributed by atoms with Crippen LogP contribution in [0.4, 0.5) is 0 Å². The van der Waals surface area contributed by atoms with E-state index in [1.165, 1.54) is 7.11 Å². The molecule has 0 saturated carbocycles. The first-order valence-corrected chi connectivity index (χ1v) is 4.28. The highest BCUT2D eigenvalue weighted by Crippen LogP contribution is 2.18. The zero-order chi connectivity index (χ0) is 10.7. The van der Waals surface area contributed by atoms with Gasteiger partial charge in [0, 0.05) is 6.54 Å². The highest BCUT2D eigenvalue weighted by Gasteiger charge is 2.39. The van der Waals surface area contributed by atoms with Gasteiger partial charge in [-0.05, 0) is 6.42 Å². The first-order chi connectivity index (χ1) is 6.56. The Morgan fingerprint density at radius 1 is 1.50 bits per heavy atom. The number of hydrogen-bond acceptors (Lipinski definition) is 5. The number of methoxy groups -OCH3 is 1. The maximum absolute atomic E-state index is 11.2. The minimum atomic E-state index is -1.10. The van der Waals surface area contributed by atoms with Crippen LogP contribution in [0, 0.1) is 5.92 Å². The second-order valence-corrected chi connectivity index (χ2v) is 3.24. The molecule has 1 fully saturated rings. The Bertz CT molecular complexity index is 242. The number of aliphatic hydroxyl groups excluding tert-OH is 1. The van der Waals surface area contributed by atoms with Gasteiger partial charge in [-0.2, -0.15) is 0 Å². The van der Waals surface area contributed by atoms with Crippen LogP contribution in [0.3, 0.4) is 0 Å². The predicted octanol–water partition coefficient (Wildman–Crippen LogP) is -1.42. The Morgan fingerprint density at radius 2 is 2.14 bits per heavy atom. The number of carboxylic acid groups (broad SMARTS) is 1. The summed E-state index contributed by atoms with van der Waals surface area (Å²) in [5, 5.41) is 20.6. The SMILES string of the molecule is COC(=O)C1C[C@@H](O)CNC1C(=O)O. The molecule has 0 bridgehead atoms. The Kier molecular flexibility index (Phi) is 3.43. The van der Waals surface area contributed by atoms with Gasteiger partial charge in [-0.1, -0.05) is 0 Å². The zero-order valence-corrected chi connectivity index (χ0v) is 7.77. The molecular formula is C8H13NO5. The molecule has 0 spiro atoms. The van der Waals surface area contributed by atoms with Crippen LogP contribution >= 0.6 is 0 Å². The molecule has 3 atom stereocenters. The van der Waals surface area contributed by atoms with E-state index in [0.717, 1.165) is 0 Å². The van der Waals surface area contributed by atoms with Crippen molar-refractivity contribution in [2.45, 2.75) is 18.6 Å². The van der Waals surface area contributed by atoms with Gasteiger partial charge in [0.1, 0.15) is 6.04 Å². The average Bonchev–Trinajstić information content (AvgIpc) is 2.16. The third-order valence-corrected chi connectivity index (χ3v) is 2.27. The van der Waals surface area contributed by atoms with E-state index in [4.69, 9.17) is 5.11 Å². The standard InChI is InChI=1S/C8H13NO5/c1-14-8(13)5-2-4(10)3-9-6(5)7(11)12/h4-6,9-10H,2-3H2,1H3,(H,11,12)/t4-,5?,6?/m1/s1. The van der Waals surface area contributed by atoms with Crippen LogP contribution in [-0.2, 0) is 14.3 Å². The summed E-state index contributed by atoms with van der Waals surface area (Å²) in [6.07, 6.45) is -0.578. The molecule has 0 radical (unpaired) electrons. The fraction of sp³-hybridized carbons (Fsp3) is 0.750. The Hall–Kier alpha value is -1.14. The number of esters is 1. The molecule has 0 aliphatic carbocycles. The minimum absolute atomic E-state index is 0.122. The number of nitrogens with one attached hydrogen (secondary N) is 1. The number of carbonyl (C=O) groups is 2. The van der Waals surface area contributed by atoms with Crippen LogP contribution in [0.5, 0.6) is 0 Å². The number of piperidine rings is 1. The van der Waals surface area contributed by atoms with E-state index in [0.29, 0.717) is 0 Å². The van der Waals surface area contributed by atoms with Gasteiger partial charge in [0.2, 0.25) is 0 Å². The Labute approximate surface area is 80.9 Å². The van der Waals surface area contributed by atoms with Crippen molar-refractivity contribution in [2.24, 2.45) is 5.92 Å². The van der Waals surface area contributed by atoms with Crippen LogP contribution in [0.25, 0.3) is 0 Å². The number of carbonyl (C=O) groups excluding carboxylic acids is 1. The summed E-state index contributed by atoms with van der Waals surface area (Å²) in [5.41, 5.74) is 0. The maximum atomic E-state index is 11.2. The highest BCUT2D eigenvalue weighted by molar-refractivity contribution is 5.83. The molecule has 0 aromatic heterocycles. The lowest BCUT2D eigenvalue weighted by Crippen LogP contribution is -2.54. The van der Waals surface area contributed by atoms with Crippen LogP contribution in [0.1, 0.15) is 6.42 Å². The molecule has 0 aromatic rings. The third-order valence-electron chi connectivity index (χ3n) is 2.27. The number of ether oxygens (including phenoxy) is 1. The predicted molar refractivity (Wildman–Crippen MR) is 45.6 cm³/mol. The molecule has 14 heavy (non-hydrogen) atoms. The lowest BCUT2D eigenvalue weighted by molar-refractivity contribution is -0.156. The van der Waals surface area contributed by atoms with Crippen molar-refractivity contribution in [3.05, 3.63) is 0 Å². The summed E-state index contributed by atoms with van der Waals surface area (Å²) in [4.78, 5) is 21.9. The molecule has 2 unspecified atom stereocenters. The van der Waals surface area contributed by atoms with Crippen molar-refractivity contribution in [1.82, 2.24) is 5.32 Å². The lowest BCUT2D eigenvalue weighted by Gasteiger charge is -2.30. The van der Waals surface area contributed by atoms with Crippen molar-refractivity contribution in [3.8, 4) is 0 Å². The van der Waals surface area contributed by atoms with E-state index in [1.54, 1.807) is 0 Å². The average molecular weight is 203 g/mol. The largest absolute Gasteiger partial charge is 0.480 e. The number of rotatable bonds is 2. The number of hydrogen-bond donors (Lipinski definition) is 3. The first-order valence-electron chi connectivity index (χ1n) is 4.28. The van der Waals surface area contributed by atoms with Crippen molar-refractivity contribution >= 4 is 11.9 Å². The normalized spacial score (nSPS) is 32.3. The van der Waals surface area contributed by atoms with Crippen LogP contribution < -0.4 is 5.32 Å². The van der Waals surface area contributed by atoms with Gasteiger partial charge in [-0.25, -0.2) is 0 Å². The van der Waals surface area contributed by atoms with Crippen LogP contribution in [-0.4, -0.2) is 48.0 Å². The quantitative estimate of drug-likeness (QED) is 0.477. The topological polar surface area (TPSA) is 95.9 Å². The second-order valence-electron chi connectivity index (χ2n) is 3.24. The third kappa shape index (κ3) is 2.21. The molecule has 6 heteroatoms. The lowest BCUT2D eigenvalue weighted by atomic mass is 9.89. The summed E-state index contributed by atoms with van der Waals surface area (Å²) in [5.74, 6) is -2.53. The number of β-amino-alcohol motifs (C(OH)–C–C–N with tert-alkyl or cyclic N) is 1. The molecule has 1 heterocycles. The molecule has 0 aromatic carbocycles. The van der Waals surface area contributed by atoms with E-state index in [9.17, 15) is 14.7 Å². The Balaban J connectivity index is 2.73. The van der Waals surface area contributed by atoms with Gasteiger partial charge >= 0.3 is 11.9 Å². The van der Waals surface area contributed by atoms with Crippen molar-refractivity contribution in [3.63, 3.8) is 0 Å². The van der Waals surface area contributed by atoms with Gasteiger partial charge in [-0.15, -0.1) is 0 Å². The van der Waals surface area contributed by atoms with E-state index in [2.05, 4.69) is 10.1 Å². The van der Waals surface area contributed by atoms with E-state index >= 15 is 0 Å². The summed E-state index contributed by atoms with van der Waals surface area (Å²) in [7, 11) is 1.20. The number of aliphatic carboxylic acids is 1. The monoisotopic (exact) mass is 203 g/mol. The van der Waals surface area contributed by atoms with Crippen molar-refractivity contribution in [2.75, 3.05) is 13.7 Å². The summed E-state index contributed by atoms with van der Waals surface area (Å²) in [6, 6.07) is -0.967. The molecule has 1 rings (SSSR count). The first kappa shape index (κ1) is 10.9. The molecule has 0 amide bonds.